The number of aliphatic hydroxyl groups is 1. The van der Waals surface area contributed by atoms with Crippen LogP contribution >= 0.6 is 0 Å². The quantitative estimate of drug-likeness (QED) is 0.715. The first-order valence-electron chi connectivity index (χ1n) is 7.36. The number of aryl methyl sites for hydroxylation is 1. The van der Waals surface area contributed by atoms with Crippen LogP contribution in [0.5, 0.6) is 5.75 Å². The second kappa shape index (κ2) is 6.87. The van der Waals surface area contributed by atoms with E-state index in [1.54, 1.807) is 0 Å². The predicted octanol–water partition coefficient (Wildman–Crippen LogP) is 2.25. The van der Waals surface area contributed by atoms with Gasteiger partial charge in [0.25, 0.3) is 5.91 Å². The Kier molecular flexibility index (Phi) is 5.17. The number of carboxylic acid groups (broad SMARTS) is 1. The maximum atomic E-state index is 12.5. The number of furan rings is 1. The van der Waals surface area contributed by atoms with Crippen LogP contribution in [0.3, 0.4) is 0 Å². The molecule has 1 heterocycles. The summed E-state index contributed by atoms with van der Waals surface area (Å²) in [5.41, 5.74) is -1.77. The number of alkyl halides is 3. The van der Waals surface area contributed by atoms with Crippen molar-refractivity contribution in [2.75, 3.05) is 13.2 Å². The fraction of sp³-hybridized carbons (Fsp3) is 0.375. The van der Waals surface area contributed by atoms with Crippen LogP contribution in [0.15, 0.2) is 22.6 Å². The van der Waals surface area contributed by atoms with Crippen molar-refractivity contribution in [2.24, 2.45) is 0 Å². The Morgan fingerprint density at radius 3 is 2.50 bits per heavy atom. The number of aliphatic hydroxyl groups excluding tert-OH is 1. The molecule has 0 aliphatic heterocycles. The third-order valence-electron chi connectivity index (χ3n) is 3.64. The highest BCUT2D eigenvalue weighted by atomic mass is 19.4. The fourth-order valence-electron chi connectivity index (χ4n) is 2.21. The van der Waals surface area contributed by atoms with E-state index < -0.39 is 36.8 Å². The number of hydrogen-bond acceptors (Lipinski definition) is 5. The number of carboxylic acids is 1. The van der Waals surface area contributed by atoms with Gasteiger partial charge in [-0.05, 0) is 32.0 Å². The van der Waals surface area contributed by atoms with Crippen molar-refractivity contribution >= 4 is 22.8 Å². The van der Waals surface area contributed by atoms with Crippen LogP contribution in [-0.2, 0) is 4.79 Å². The summed E-state index contributed by atoms with van der Waals surface area (Å²) in [6.07, 6.45) is -4.52. The third-order valence-corrected chi connectivity index (χ3v) is 3.64. The van der Waals surface area contributed by atoms with Gasteiger partial charge in [-0.25, -0.2) is 4.79 Å². The Morgan fingerprint density at radius 2 is 1.96 bits per heavy atom. The molecule has 1 atom stereocenters. The molecule has 2 rings (SSSR count). The highest BCUT2D eigenvalue weighted by Crippen LogP contribution is 2.30. The second-order valence-electron chi connectivity index (χ2n) is 5.84. The molecule has 0 radical (unpaired) electrons. The number of carbonyl (C=O) groups is 2. The Bertz CT molecular complexity index is 844. The summed E-state index contributed by atoms with van der Waals surface area (Å²) < 4.78 is 46.9. The van der Waals surface area contributed by atoms with Crippen LogP contribution < -0.4 is 10.1 Å². The van der Waals surface area contributed by atoms with Crippen molar-refractivity contribution in [1.29, 1.82) is 0 Å². The van der Waals surface area contributed by atoms with E-state index >= 15 is 0 Å². The van der Waals surface area contributed by atoms with Crippen LogP contribution in [0.2, 0.25) is 0 Å². The summed E-state index contributed by atoms with van der Waals surface area (Å²) in [6.45, 7) is 0.201. The first-order chi connectivity index (χ1) is 12.0. The average molecular weight is 375 g/mol. The number of nitrogens with one attached hydrogen (secondary N) is 1. The number of carbonyl (C=O) groups excluding carboxylic acids is 1. The number of rotatable bonds is 6. The molecule has 1 unspecified atom stereocenters. The van der Waals surface area contributed by atoms with Gasteiger partial charge in [-0.1, -0.05) is 0 Å². The van der Waals surface area contributed by atoms with Gasteiger partial charge in [0, 0.05) is 5.39 Å². The minimum Gasteiger partial charge on any atom is -0.484 e. The molecule has 0 saturated heterocycles. The molecule has 10 heteroatoms. The Morgan fingerprint density at radius 1 is 1.31 bits per heavy atom. The van der Waals surface area contributed by atoms with Crippen molar-refractivity contribution in [3.8, 4) is 5.75 Å². The number of halogens is 3. The SMILES string of the molecule is Cc1oc2ccc(OCC(F)(F)F)cc2c1C(=O)NC(C)(CO)C(=O)O. The molecule has 0 fully saturated rings. The van der Waals surface area contributed by atoms with Gasteiger partial charge >= 0.3 is 12.1 Å². The number of hydrogen-bond donors (Lipinski definition) is 3. The molecule has 0 spiro atoms. The summed E-state index contributed by atoms with van der Waals surface area (Å²) in [7, 11) is 0. The molecular weight excluding hydrogens is 359 g/mol. The minimum atomic E-state index is -4.52. The van der Waals surface area contributed by atoms with E-state index in [2.05, 4.69) is 10.1 Å². The molecule has 7 nitrogen and oxygen atoms in total. The zero-order chi connectivity index (χ0) is 19.7. The lowest BCUT2D eigenvalue weighted by molar-refractivity contribution is -0.153. The van der Waals surface area contributed by atoms with E-state index in [-0.39, 0.29) is 28.0 Å². The van der Waals surface area contributed by atoms with Gasteiger partial charge in [0.1, 0.15) is 17.1 Å². The zero-order valence-corrected chi connectivity index (χ0v) is 13.8. The van der Waals surface area contributed by atoms with E-state index in [1.807, 2.05) is 0 Å². The van der Waals surface area contributed by atoms with E-state index in [0.29, 0.717) is 0 Å². The monoisotopic (exact) mass is 375 g/mol. The van der Waals surface area contributed by atoms with E-state index in [1.165, 1.54) is 25.1 Å². The third kappa shape index (κ3) is 4.07. The van der Waals surface area contributed by atoms with Gasteiger partial charge in [0.2, 0.25) is 0 Å². The van der Waals surface area contributed by atoms with Crippen molar-refractivity contribution in [3.63, 3.8) is 0 Å². The molecule has 0 bridgehead atoms. The normalized spacial score (nSPS) is 14.1. The van der Waals surface area contributed by atoms with Gasteiger partial charge in [-0.15, -0.1) is 0 Å². The molecule has 0 aliphatic rings. The average Bonchev–Trinajstić information content (AvgIpc) is 2.86. The zero-order valence-electron chi connectivity index (χ0n) is 13.8. The van der Waals surface area contributed by atoms with Crippen LogP contribution in [-0.4, -0.2) is 47.0 Å². The molecule has 2 aromatic rings. The maximum absolute atomic E-state index is 12.5. The number of benzene rings is 1. The molecule has 26 heavy (non-hydrogen) atoms. The Hall–Kier alpha value is -2.75. The number of amides is 1. The first kappa shape index (κ1) is 19.6. The lowest BCUT2D eigenvalue weighted by Gasteiger charge is -2.23. The lowest BCUT2D eigenvalue weighted by atomic mass is 10.0. The standard InChI is InChI=1S/C16H16F3NO6/c1-8-12(13(22)20-15(2,6-21)14(23)24)10-5-9(3-4-11(10)26-8)25-7-16(17,18)19/h3-5,21H,6-7H2,1-2H3,(H,20,22)(H,23,24). The van der Waals surface area contributed by atoms with Crippen LogP contribution in [0.25, 0.3) is 11.0 Å². The summed E-state index contributed by atoms with van der Waals surface area (Å²) >= 11 is 0. The molecule has 1 amide bonds. The molecule has 1 aromatic carbocycles. The van der Waals surface area contributed by atoms with Gasteiger partial charge in [-0.3, -0.25) is 4.79 Å². The largest absolute Gasteiger partial charge is 0.484 e. The molecule has 0 saturated carbocycles. The molecule has 0 aliphatic carbocycles. The number of aliphatic carboxylic acids is 1. The number of ether oxygens (including phenoxy) is 1. The van der Waals surface area contributed by atoms with Crippen LogP contribution in [0.4, 0.5) is 13.2 Å². The van der Waals surface area contributed by atoms with Crippen molar-refractivity contribution in [1.82, 2.24) is 5.32 Å². The first-order valence-corrected chi connectivity index (χ1v) is 7.36. The maximum Gasteiger partial charge on any atom is 0.422 e. The molecule has 1 aromatic heterocycles. The summed E-state index contributed by atoms with van der Waals surface area (Å²) in [5, 5.41) is 20.7. The molecule has 3 N–H and O–H groups in total. The van der Waals surface area contributed by atoms with Gasteiger partial charge in [0.15, 0.2) is 12.1 Å². The summed E-state index contributed by atoms with van der Waals surface area (Å²) in [4.78, 5) is 23.7. The highest BCUT2D eigenvalue weighted by Gasteiger charge is 2.36. The van der Waals surface area contributed by atoms with Crippen LogP contribution in [0.1, 0.15) is 23.0 Å². The van der Waals surface area contributed by atoms with Gasteiger partial charge in [0.05, 0.1) is 12.2 Å². The van der Waals surface area contributed by atoms with E-state index in [4.69, 9.17) is 9.52 Å². The van der Waals surface area contributed by atoms with Crippen molar-refractivity contribution in [3.05, 3.63) is 29.5 Å². The Labute approximate surface area is 145 Å². The number of fused-ring (bicyclic) bond motifs is 1. The molecule has 142 valence electrons. The Balaban J connectivity index is 2.38. The topological polar surface area (TPSA) is 109 Å². The van der Waals surface area contributed by atoms with Crippen molar-refractivity contribution in [2.45, 2.75) is 25.6 Å². The minimum absolute atomic E-state index is 0.0571. The predicted molar refractivity (Wildman–Crippen MR) is 83.1 cm³/mol. The van der Waals surface area contributed by atoms with Crippen LogP contribution in [0, 0.1) is 6.92 Å². The second-order valence-corrected chi connectivity index (χ2v) is 5.84. The van der Waals surface area contributed by atoms with Gasteiger partial charge < -0.3 is 24.7 Å². The summed E-state index contributed by atoms with van der Waals surface area (Å²) in [6, 6.07) is 3.80. The van der Waals surface area contributed by atoms with E-state index in [9.17, 15) is 27.9 Å². The smallest absolute Gasteiger partial charge is 0.422 e. The highest BCUT2D eigenvalue weighted by molar-refractivity contribution is 6.08. The van der Waals surface area contributed by atoms with Crippen molar-refractivity contribution < 1.29 is 42.1 Å². The van der Waals surface area contributed by atoms with E-state index in [0.717, 1.165) is 6.92 Å². The molecular formula is C16H16F3NO6. The lowest BCUT2D eigenvalue weighted by Crippen LogP contribution is -2.55. The van der Waals surface area contributed by atoms with Gasteiger partial charge in [-0.2, -0.15) is 13.2 Å². The fourth-order valence-corrected chi connectivity index (χ4v) is 2.21. The summed E-state index contributed by atoms with van der Waals surface area (Å²) in [5.74, 6) is -2.30.